The molecule has 2 heterocycles. The lowest BCUT2D eigenvalue weighted by molar-refractivity contribution is -0.137. The second-order valence-electron chi connectivity index (χ2n) is 8.14. The molecule has 0 fully saturated rings. The van der Waals surface area contributed by atoms with E-state index in [2.05, 4.69) is 5.32 Å². The van der Waals surface area contributed by atoms with Gasteiger partial charge in [0.25, 0.3) is 0 Å². The van der Waals surface area contributed by atoms with Gasteiger partial charge in [0.15, 0.2) is 11.6 Å². The third kappa shape index (κ3) is 6.79. The lowest BCUT2D eigenvalue weighted by Gasteiger charge is -2.18. The van der Waals surface area contributed by atoms with Gasteiger partial charge in [0.1, 0.15) is 11.5 Å². The molecule has 0 unspecified atom stereocenters. The van der Waals surface area contributed by atoms with E-state index in [0.717, 1.165) is 0 Å². The summed E-state index contributed by atoms with van der Waals surface area (Å²) in [5.74, 6) is -2.14. The Kier molecular flexibility index (Phi) is 9.16. The number of carboxylic acids is 1. The topological polar surface area (TPSA) is 78.9 Å². The van der Waals surface area contributed by atoms with Gasteiger partial charge in [-0.1, -0.05) is 30.3 Å². The van der Waals surface area contributed by atoms with Crippen molar-refractivity contribution in [1.82, 2.24) is 5.32 Å². The highest BCUT2D eigenvalue weighted by molar-refractivity contribution is 7.12. The molecule has 4 rings (SSSR count). The first kappa shape index (κ1) is 28.4. The number of alkyl halides is 3. The monoisotopic (exact) mass is 558 g/mol. The number of nitrogens with zero attached hydrogens (tertiary/aromatic N) is 1. The van der Waals surface area contributed by atoms with Gasteiger partial charge in [-0.15, -0.1) is 23.7 Å². The summed E-state index contributed by atoms with van der Waals surface area (Å²) in [5, 5.41) is 11.4. The van der Waals surface area contributed by atoms with Crippen LogP contribution < -0.4 is 15.0 Å². The first-order valence-electron chi connectivity index (χ1n) is 11.1. The highest BCUT2D eigenvalue weighted by Gasteiger charge is 2.36. The summed E-state index contributed by atoms with van der Waals surface area (Å²) in [7, 11) is 0. The van der Waals surface area contributed by atoms with Gasteiger partial charge >= 0.3 is 12.1 Å². The number of aliphatic carboxylic acids is 1. The van der Waals surface area contributed by atoms with Gasteiger partial charge in [0.05, 0.1) is 18.7 Å². The largest absolute Gasteiger partial charge is 0.485 e. The van der Waals surface area contributed by atoms with Gasteiger partial charge < -0.3 is 20.1 Å². The third-order valence-corrected chi connectivity index (χ3v) is 6.77. The quantitative estimate of drug-likeness (QED) is 0.267. The van der Waals surface area contributed by atoms with Crippen molar-refractivity contribution in [1.29, 1.82) is 0 Å². The summed E-state index contributed by atoms with van der Waals surface area (Å²) in [4.78, 5) is 24.0. The number of fused-ring (bicyclic) bond motifs is 1. The van der Waals surface area contributed by atoms with E-state index < -0.39 is 22.8 Å². The lowest BCUT2D eigenvalue weighted by Crippen LogP contribution is -2.37. The number of rotatable bonds is 9. The van der Waals surface area contributed by atoms with Crippen LogP contribution in [0, 0.1) is 5.82 Å². The molecule has 6 nitrogen and oxygen atoms in total. The number of thiophene rings is 1. The number of benzene rings is 2. The maximum Gasteiger partial charge on any atom is 0.426 e. The number of anilines is 1. The Morgan fingerprint density at radius 2 is 1.86 bits per heavy atom. The van der Waals surface area contributed by atoms with Crippen molar-refractivity contribution < 1.29 is 37.0 Å². The normalized spacial score (nSPS) is 12.7. The van der Waals surface area contributed by atoms with Crippen molar-refractivity contribution in [2.45, 2.75) is 25.6 Å². The molecule has 1 amide bonds. The number of amides is 1. The Labute approximate surface area is 220 Å². The Balaban J connectivity index is 0.00000380. The second kappa shape index (κ2) is 11.9. The van der Waals surface area contributed by atoms with Crippen molar-refractivity contribution in [2.24, 2.45) is 0 Å². The number of carbonyl (C=O) groups excluding carboxylic acids is 1. The zero-order chi connectivity index (χ0) is 25.9. The van der Waals surface area contributed by atoms with Crippen molar-refractivity contribution in [3.8, 4) is 16.9 Å². The molecule has 2 aromatic carbocycles. The number of hydrogen-bond acceptors (Lipinski definition) is 5. The molecule has 0 spiro atoms. The molecular formula is C25H23ClF4N2O4S. The molecule has 12 heteroatoms. The summed E-state index contributed by atoms with van der Waals surface area (Å²) >= 11 is 0.558. The number of hydrogen-bond donors (Lipinski definition) is 2. The van der Waals surface area contributed by atoms with Crippen LogP contribution in [0.5, 0.6) is 5.75 Å². The summed E-state index contributed by atoms with van der Waals surface area (Å²) in [6.45, 7) is 0.133. The molecule has 0 bridgehead atoms. The van der Waals surface area contributed by atoms with Crippen LogP contribution >= 0.6 is 23.7 Å². The molecule has 2 N–H and O–H groups in total. The Hall–Kier alpha value is -3.15. The second-order valence-corrected chi connectivity index (χ2v) is 9.27. The SMILES string of the molecule is Cl.O=C(O)CCNCC(=O)N1CCc2cc(OCc3cc(-c4ccccc4)c(C(F)(F)F)s3)c(F)cc21. The van der Waals surface area contributed by atoms with Gasteiger partial charge in [-0.2, -0.15) is 13.2 Å². The van der Waals surface area contributed by atoms with E-state index in [0.29, 0.717) is 46.0 Å². The molecule has 198 valence electrons. The van der Waals surface area contributed by atoms with Gasteiger partial charge in [-0.05, 0) is 29.7 Å². The molecule has 0 saturated carbocycles. The fraction of sp³-hybridized carbons (Fsp3) is 0.280. The zero-order valence-corrected chi connectivity index (χ0v) is 20.9. The minimum Gasteiger partial charge on any atom is -0.485 e. The molecule has 3 aromatic rings. The average molecular weight is 559 g/mol. The van der Waals surface area contributed by atoms with E-state index >= 15 is 0 Å². The summed E-state index contributed by atoms with van der Waals surface area (Å²) < 4.78 is 61.2. The summed E-state index contributed by atoms with van der Waals surface area (Å²) in [6, 6.07) is 12.3. The molecule has 37 heavy (non-hydrogen) atoms. The summed E-state index contributed by atoms with van der Waals surface area (Å²) in [6.07, 6.45) is -4.20. The van der Waals surface area contributed by atoms with Gasteiger partial charge in [0, 0.05) is 29.6 Å². The Morgan fingerprint density at radius 1 is 1.14 bits per heavy atom. The van der Waals surface area contributed by atoms with Crippen LogP contribution in [-0.2, 0) is 28.8 Å². The van der Waals surface area contributed by atoms with E-state index in [9.17, 15) is 27.2 Å². The summed E-state index contributed by atoms with van der Waals surface area (Å²) in [5.41, 5.74) is 1.55. The van der Waals surface area contributed by atoms with E-state index in [1.54, 1.807) is 30.3 Å². The van der Waals surface area contributed by atoms with Crippen LogP contribution in [0.1, 0.15) is 21.7 Å². The highest BCUT2D eigenvalue weighted by atomic mass is 35.5. The van der Waals surface area contributed by atoms with Crippen molar-refractivity contribution in [2.75, 3.05) is 24.5 Å². The minimum atomic E-state index is -4.54. The van der Waals surface area contributed by atoms with Crippen LogP contribution in [-0.4, -0.2) is 36.6 Å². The Morgan fingerprint density at radius 3 is 2.54 bits per heavy atom. The smallest absolute Gasteiger partial charge is 0.426 e. The van der Waals surface area contributed by atoms with Crippen molar-refractivity contribution in [3.05, 3.63) is 69.7 Å². The zero-order valence-electron chi connectivity index (χ0n) is 19.3. The maximum absolute atomic E-state index is 14.8. The van der Waals surface area contributed by atoms with Crippen LogP contribution in [0.2, 0.25) is 0 Å². The molecule has 0 aliphatic carbocycles. The molecule has 0 saturated heterocycles. The van der Waals surface area contributed by atoms with E-state index in [1.165, 1.54) is 23.1 Å². The molecule has 0 atom stereocenters. The number of nitrogens with one attached hydrogen (secondary N) is 1. The fourth-order valence-corrected chi connectivity index (χ4v) is 4.91. The van der Waals surface area contributed by atoms with Crippen LogP contribution in [0.15, 0.2) is 48.5 Å². The predicted octanol–water partition coefficient (Wildman–Crippen LogP) is 5.53. The van der Waals surface area contributed by atoms with Crippen molar-refractivity contribution >= 4 is 41.3 Å². The van der Waals surface area contributed by atoms with Gasteiger partial charge in [-0.3, -0.25) is 9.59 Å². The molecule has 1 aliphatic rings. The van der Waals surface area contributed by atoms with Crippen molar-refractivity contribution in [3.63, 3.8) is 0 Å². The van der Waals surface area contributed by atoms with Crippen LogP contribution in [0.25, 0.3) is 11.1 Å². The lowest BCUT2D eigenvalue weighted by atomic mass is 10.1. The highest BCUT2D eigenvalue weighted by Crippen LogP contribution is 2.43. The van der Waals surface area contributed by atoms with Crippen LogP contribution in [0.4, 0.5) is 23.2 Å². The number of halogens is 5. The fourth-order valence-electron chi connectivity index (χ4n) is 3.95. The maximum atomic E-state index is 14.8. The van der Waals surface area contributed by atoms with Crippen LogP contribution in [0.3, 0.4) is 0 Å². The molecule has 1 aromatic heterocycles. The average Bonchev–Trinajstić information content (AvgIpc) is 3.45. The first-order valence-corrected chi connectivity index (χ1v) is 11.9. The molecule has 0 radical (unpaired) electrons. The first-order chi connectivity index (χ1) is 17.1. The van der Waals surface area contributed by atoms with E-state index in [4.69, 9.17) is 9.84 Å². The van der Waals surface area contributed by atoms with E-state index in [1.807, 2.05) is 0 Å². The minimum absolute atomic E-state index is 0. The van der Waals surface area contributed by atoms with Gasteiger partial charge in [-0.25, -0.2) is 4.39 Å². The standard InChI is InChI=1S/C25H22F4N2O4S.ClH/c26-19-12-20-16(7-9-31(20)22(32)13-30-8-6-23(33)34)10-21(19)35-14-17-11-18(15-4-2-1-3-5-15)24(36-17)25(27,28)29;/h1-5,10-12,30H,6-9,13-14H2,(H,33,34);1H. The predicted molar refractivity (Wildman–Crippen MR) is 134 cm³/mol. The number of ether oxygens (including phenoxy) is 1. The molecule has 1 aliphatic heterocycles. The number of carboxylic acid groups (broad SMARTS) is 1. The third-order valence-electron chi connectivity index (χ3n) is 5.62. The van der Waals surface area contributed by atoms with Gasteiger partial charge in [0.2, 0.25) is 5.91 Å². The number of carbonyl (C=O) groups is 2. The Bertz CT molecular complexity index is 1270. The van der Waals surface area contributed by atoms with E-state index in [-0.39, 0.29) is 55.7 Å². The molecular weight excluding hydrogens is 536 g/mol.